The molecule has 3 heteroatoms. The van der Waals surface area contributed by atoms with E-state index in [1.807, 2.05) is 24.3 Å². The van der Waals surface area contributed by atoms with Crippen molar-refractivity contribution in [1.29, 1.82) is 0 Å². The van der Waals surface area contributed by atoms with Gasteiger partial charge in [0.05, 0.1) is 0 Å². The Kier molecular flexibility index (Phi) is 5.95. The van der Waals surface area contributed by atoms with Gasteiger partial charge in [-0.1, -0.05) is 60.1 Å². The van der Waals surface area contributed by atoms with Gasteiger partial charge in [0.1, 0.15) is 5.82 Å². The molecule has 0 heterocycles. The quantitative estimate of drug-likeness (QED) is 0.729. The maximum atomic E-state index is 13.8. The lowest BCUT2D eigenvalue weighted by Gasteiger charge is -2.21. The third-order valence-corrected chi connectivity index (χ3v) is 3.95. The van der Waals surface area contributed by atoms with Crippen LogP contribution >= 0.6 is 15.9 Å². The molecule has 112 valence electrons. The summed E-state index contributed by atoms with van der Waals surface area (Å²) < 4.78 is 14.7. The molecule has 0 saturated carbocycles. The zero-order valence-corrected chi connectivity index (χ0v) is 14.0. The Balaban J connectivity index is 2.10. The van der Waals surface area contributed by atoms with Gasteiger partial charge in [-0.25, -0.2) is 4.39 Å². The molecule has 0 radical (unpaired) electrons. The van der Waals surface area contributed by atoms with Crippen LogP contribution in [0.2, 0.25) is 0 Å². The minimum absolute atomic E-state index is 0.165. The maximum absolute atomic E-state index is 13.8. The van der Waals surface area contributed by atoms with Gasteiger partial charge in [0, 0.05) is 22.6 Å². The average Bonchev–Trinajstić information content (AvgIpc) is 2.47. The van der Waals surface area contributed by atoms with Gasteiger partial charge in [0.15, 0.2) is 0 Å². The Morgan fingerprint density at radius 2 is 1.81 bits per heavy atom. The lowest BCUT2D eigenvalue weighted by molar-refractivity contribution is 0.424. The number of hydrogen-bond acceptors (Lipinski definition) is 1. The van der Waals surface area contributed by atoms with E-state index < -0.39 is 0 Å². The van der Waals surface area contributed by atoms with Gasteiger partial charge < -0.3 is 5.32 Å². The van der Waals surface area contributed by atoms with Gasteiger partial charge in [-0.15, -0.1) is 0 Å². The van der Waals surface area contributed by atoms with Crippen LogP contribution < -0.4 is 5.32 Å². The average molecular weight is 350 g/mol. The van der Waals surface area contributed by atoms with Crippen molar-refractivity contribution in [2.45, 2.75) is 32.9 Å². The van der Waals surface area contributed by atoms with Crippen molar-refractivity contribution in [3.05, 3.63) is 69.9 Å². The molecule has 1 unspecified atom stereocenters. The Labute approximate surface area is 134 Å². The van der Waals surface area contributed by atoms with E-state index in [0.29, 0.717) is 18.0 Å². The fraction of sp³-hybridized carbons (Fsp3) is 0.333. The summed E-state index contributed by atoms with van der Waals surface area (Å²) in [5, 5.41) is 3.49. The van der Waals surface area contributed by atoms with Gasteiger partial charge in [0.2, 0.25) is 0 Å². The van der Waals surface area contributed by atoms with Crippen LogP contribution in [0.1, 0.15) is 37.4 Å². The first-order chi connectivity index (χ1) is 10.1. The first-order valence-electron chi connectivity index (χ1n) is 7.28. The minimum Gasteiger partial charge on any atom is -0.306 e. The fourth-order valence-corrected chi connectivity index (χ4v) is 2.81. The van der Waals surface area contributed by atoms with E-state index in [4.69, 9.17) is 0 Å². The van der Waals surface area contributed by atoms with E-state index >= 15 is 0 Å². The van der Waals surface area contributed by atoms with Crippen LogP contribution in [0.25, 0.3) is 0 Å². The molecule has 0 aromatic heterocycles. The van der Waals surface area contributed by atoms with Crippen LogP contribution in [0.15, 0.2) is 53.0 Å². The Morgan fingerprint density at radius 3 is 2.48 bits per heavy atom. The second kappa shape index (κ2) is 7.71. The molecule has 2 aromatic carbocycles. The zero-order valence-electron chi connectivity index (χ0n) is 12.4. The van der Waals surface area contributed by atoms with Gasteiger partial charge in [0.25, 0.3) is 0 Å². The summed E-state index contributed by atoms with van der Waals surface area (Å²) in [6.45, 7) is 4.94. The molecule has 1 N–H and O–H groups in total. The molecule has 0 amide bonds. The van der Waals surface area contributed by atoms with Crippen LogP contribution in [-0.4, -0.2) is 0 Å². The maximum Gasteiger partial charge on any atom is 0.127 e. The van der Waals surface area contributed by atoms with Crippen LogP contribution in [0.5, 0.6) is 0 Å². The van der Waals surface area contributed by atoms with Crippen molar-refractivity contribution < 1.29 is 4.39 Å². The van der Waals surface area contributed by atoms with Crippen molar-refractivity contribution in [2.24, 2.45) is 5.92 Å². The number of halogens is 2. The van der Waals surface area contributed by atoms with Gasteiger partial charge in [-0.3, -0.25) is 0 Å². The topological polar surface area (TPSA) is 12.0 Å². The van der Waals surface area contributed by atoms with Crippen LogP contribution in [-0.2, 0) is 6.54 Å². The molecular formula is C18H21BrFN. The highest BCUT2D eigenvalue weighted by Crippen LogP contribution is 2.22. The molecule has 0 bridgehead atoms. The van der Waals surface area contributed by atoms with Crippen molar-refractivity contribution in [1.82, 2.24) is 5.32 Å². The summed E-state index contributed by atoms with van der Waals surface area (Å²) in [7, 11) is 0. The van der Waals surface area contributed by atoms with Gasteiger partial charge in [-0.05, 0) is 36.1 Å². The predicted octanol–water partition coefficient (Wildman–Crippen LogP) is 5.47. The molecule has 2 aromatic rings. The highest BCUT2D eigenvalue weighted by atomic mass is 79.9. The van der Waals surface area contributed by atoms with Crippen molar-refractivity contribution in [3.63, 3.8) is 0 Å². The van der Waals surface area contributed by atoms with Crippen molar-refractivity contribution in [2.75, 3.05) is 0 Å². The SMILES string of the molecule is CC(C)CC(NCc1cc(Br)ccc1F)c1ccccc1. The summed E-state index contributed by atoms with van der Waals surface area (Å²) in [6.07, 6.45) is 1.03. The molecule has 1 atom stereocenters. The van der Waals surface area contributed by atoms with Crippen molar-refractivity contribution >= 4 is 15.9 Å². The van der Waals surface area contributed by atoms with Crippen molar-refractivity contribution in [3.8, 4) is 0 Å². The lowest BCUT2D eigenvalue weighted by atomic mass is 9.97. The molecule has 0 aliphatic rings. The lowest BCUT2D eigenvalue weighted by Crippen LogP contribution is -2.23. The standard InChI is InChI=1S/C18H21BrFN/c1-13(2)10-18(14-6-4-3-5-7-14)21-12-15-11-16(19)8-9-17(15)20/h3-9,11,13,18,21H,10,12H2,1-2H3. The predicted molar refractivity (Wildman–Crippen MR) is 89.6 cm³/mol. The molecular weight excluding hydrogens is 329 g/mol. The molecule has 0 saturated heterocycles. The first-order valence-corrected chi connectivity index (χ1v) is 8.08. The van der Waals surface area contributed by atoms with E-state index in [0.717, 1.165) is 10.9 Å². The Hall–Kier alpha value is -1.19. The molecule has 0 fully saturated rings. The highest BCUT2D eigenvalue weighted by molar-refractivity contribution is 9.10. The summed E-state index contributed by atoms with van der Waals surface area (Å²) >= 11 is 3.39. The number of benzene rings is 2. The Morgan fingerprint density at radius 1 is 1.10 bits per heavy atom. The van der Waals surface area contributed by atoms with Crippen LogP contribution in [0.4, 0.5) is 4.39 Å². The molecule has 0 aliphatic heterocycles. The normalized spacial score (nSPS) is 12.6. The van der Waals surface area contributed by atoms with E-state index in [9.17, 15) is 4.39 Å². The molecule has 1 nitrogen and oxygen atoms in total. The molecule has 0 spiro atoms. The minimum atomic E-state index is -0.165. The molecule has 21 heavy (non-hydrogen) atoms. The fourth-order valence-electron chi connectivity index (χ4n) is 2.41. The number of nitrogens with one attached hydrogen (secondary N) is 1. The highest BCUT2D eigenvalue weighted by Gasteiger charge is 2.13. The number of rotatable bonds is 6. The monoisotopic (exact) mass is 349 g/mol. The summed E-state index contributed by atoms with van der Waals surface area (Å²) in [6, 6.07) is 15.7. The summed E-state index contributed by atoms with van der Waals surface area (Å²) in [5.74, 6) is 0.414. The third kappa shape index (κ3) is 4.94. The van der Waals surface area contributed by atoms with Gasteiger partial charge >= 0.3 is 0 Å². The van der Waals surface area contributed by atoms with E-state index in [1.54, 1.807) is 6.07 Å². The largest absolute Gasteiger partial charge is 0.306 e. The summed E-state index contributed by atoms with van der Waals surface area (Å²) in [5.41, 5.74) is 1.94. The first kappa shape index (κ1) is 16.2. The van der Waals surface area contributed by atoms with E-state index in [1.165, 1.54) is 11.6 Å². The van der Waals surface area contributed by atoms with E-state index in [-0.39, 0.29) is 11.9 Å². The third-order valence-electron chi connectivity index (χ3n) is 3.46. The zero-order chi connectivity index (χ0) is 15.2. The molecule has 0 aliphatic carbocycles. The molecule has 2 rings (SSSR count). The summed E-state index contributed by atoms with van der Waals surface area (Å²) in [4.78, 5) is 0. The Bertz CT molecular complexity index is 569. The van der Waals surface area contributed by atoms with E-state index in [2.05, 4.69) is 47.2 Å². The smallest absolute Gasteiger partial charge is 0.127 e. The van der Waals surface area contributed by atoms with Gasteiger partial charge in [-0.2, -0.15) is 0 Å². The second-order valence-corrected chi connectivity index (χ2v) is 6.63. The van der Waals surface area contributed by atoms with Crippen LogP contribution in [0, 0.1) is 11.7 Å². The number of hydrogen-bond donors (Lipinski definition) is 1. The van der Waals surface area contributed by atoms with Crippen LogP contribution in [0.3, 0.4) is 0 Å². The second-order valence-electron chi connectivity index (χ2n) is 5.71.